The van der Waals surface area contributed by atoms with Gasteiger partial charge in [-0.2, -0.15) is 0 Å². The van der Waals surface area contributed by atoms with Crippen LogP contribution in [-0.2, 0) is 4.74 Å². The Kier molecular flexibility index (Phi) is 4.39. The van der Waals surface area contributed by atoms with E-state index in [1.807, 2.05) is 20.8 Å². The van der Waals surface area contributed by atoms with E-state index in [9.17, 15) is 4.79 Å². The lowest BCUT2D eigenvalue weighted by Crippen LogP contribution is -2.44. The van der Waals surface area contributed by atoms with E-state index in [2.05, 4.69) is 10.6 Å². The molecule has 4 nitrogen and oxygen atoms in total. The van der Waals surface area contributed by atoms with Crippen molar-refractivity contribution >= 4 is 6.09 Å². The van der Waals surface area contributed by atoms with E-state index in [0.717, 1.165) is 13.0 Å². The van der Waals surface area contributed by atoms with Gasteiger partial charge in [0.05, 0.1) is 0 Å². The molecule has 1 saturated heterocycles. The van der Waals surface area contributed by atoms with E-state index >= 15 is 0 Å². The molecule has 1 amide bonds. The van der Waals surface area contributed by atoms with Crippen molar-refractivity contribution in [3.8, 4) is 0 Å². The predicted octanol–water partition coefficient (Wildman–Crippen LogP) is 1.65. The second-order valence-corrected chi connectivity index (χ2v) is 5.03. The number of hydrogen-bond donors (Lipinski definition) is 2. The molecule has 0 aromatic rings. The van der Waals surface area contributed by atoms with Crippen LogP contribution in [0.5, 0.6) is 0 Å². The van der Waals surface area contributed by atoms with E-state index in [-0.39, 0.29) is 6.09 Å². The van der Waals surface area contributed by atoms with E-state index < -0.39 is 5.60 Å². The van der Waals surface area contributed by atoms with Crippen LogP contribution in [0.2, 0.25) is 0 Å². The Hall–Kier alpha value is -0.770. The summed E-state index contributed by atoms with van der Waals surface area (Å²) in [5, 5.41) is 6.15. The van der Waals surface area contributed by atoms with Crippen LogP contribution >= 0.6 is 0 Å². The third kappa shape index (κ3) is 5.62. The zero-order chi connectivity index (χ0) is 11.3. The second kappa shape index (κ2) is 5.35. The highest BCUT2D eigenvalue weighted by atomic mass is 16.6. The van der Waals surface area contributed by atoms with Crippen molar-refractivity contribution in [3.05, 3.63) is 0 Å². The van der Waals surface area contributed by atoms with Crippen LogP contribution in [0.1, 0.15) is 40.0 Å². The molecule has 1 heterocycles. The number of alkyl carbamates (subject to hydrolysis) is 1. The maximum Gasteiger partial charge on any atom is 0.407 e. The SMILES string of the molecule is CC(C)(C)OC(=O)NC[C@H]1CCCCN1. The molecule has 1 aliphatic heterocycles. The molecule has 15 heavy (non-hydrogen) atoms. The molecule has 0 aromatic heterocycles. The van der Waals surface area contributed by atoms with Crippen molar-refractivity contribution in [1.29, 1.82) is 0 Å². The van der Waals surface area contributed by atoms with Gasteiger partial charge in [-0.1, -0.05) is 6.42 Å². The molecular weight excluding hydrogens is 192 g/mol. The van der Waals surface area contributed by atoms with Gasteiger partial charge in [0.25, 0.3) is 0 Å². The molecule has 0 unspecified atom stereocenters. The van der Waals surface area contributed by atoms with Gasteiger partial charge in [-0.3, -0.25) is 0 Å². The number of rotatable bonds is 2. The van der Waals surface area contributed by atoms with Crippen LogP contribution in [-0.4, -0.2) is 30.8 Å². The average molecular weight is 214 g/mol. The zero-order valence-corrected chi connectivity index (χ0v) is 9.93. The van der Waals surface area contributed by atoms with Crippen molar-refractivity contribution < 1.29 is 9.53 Å². The fourth-order valence-electron chi connectivity index (χ4n) is 1.62. The summed E-state index contributed by atoms with van der Waals surface area (Å²) in [4.78, 5) is 11.3. The number of piperidine rings is 1. The molecule has 0 aliphatic carbocycles. The van der Waals surface area contributed by atoms with Gasteiger partial charge >= 0.3 is 6.09 Å². The van der Waals surface area contributed by atoms with Gasteiger partial charge in [-0.15, -0.1) is 0 Å². The first-order chi connectivity index (χ1) is 6.97. The Morgan fingerprint density at radius 1 is 1.47 bits per heavy atom. The first-order valence-electron chi connectivity index (χ1n) is 5.67. The maximum atomic E-state index is 11.3. The molecule has 0 saturated carbocycles. The molecule has 0 aromatic carbocycles. The second-order valence-electron chi connectivity index (χ2n) is 5.03. The normalized spacial score (nSPS) is 22.2. The van der Waals surface area contributed by atoms with Gasteiger partial charge in [0.2, 0.25) is 0 Å². The van der Waals surface area contributed by atoms with E-state index in [1.165, 1.54) is 12.8 Å². The number of amides is 1. The Balaban J connectivity index is 2.15. The van der Waals surface area contributed by atoms with Crippen LogP contribution in [0, 0.1) is 0 Å². The molecule has 0 spiro atoms. The van der Waals surface area contributed by atoms with E-state index in [4.69, 9.17) is 4.74 Å². The zero-order valence-electron chi connectivity index (χ0n) is 9.93. The topological polar surface area (TPSA) is 50.4 Å². The van der Waals surface area contributed by atoms with Gasteiger partial charge in [0.1, 0.15) is 5.60 Å². The number of ether oxygens (including phenoxy) is 1. The molecule has 1 atom stereocenters. The number of carbonyl (C=O) groups is 1. The van der Waals surface area contributed by atoms with Crippen LogP contribution in [0.25, 0.3) is 0 Å². The molecule has 2 N–H and O–H groups in total. The number of carbonyl (C=O) groups excluding carboxylic acids is 1. The highest BCUT2D eigenvalue weighted by molar-refractivity contribution is 5.67. The van der Waals surface area contributed by atoms with Crippen molar-refractivity contribution in [2.45, 2.75) is 51.7 Å². The van der Waals surface area contributed by atoms with Crippen LogP contribution in [0.4, 0.5) is 4.79 Å². The molecule has 1 aliphatic rings. The Labute approximate surface area is 91.8 Å². The lowest BCUT2D eigenvalue weighted by Gasteiger charge is -2.25. The van der Waals surface area contributed by atoms with Gasteiger partial charge < -0.3 is 15.4 Å². The summed E-state index contributed by atoms with van der Waals surface area (Å²) in [6.07, 6.45) is 3.29. The van der Waals surface area contributed by atoms with Gasteiger partial charge in [0.15, 0.2) is 0 Å². The Bertz CT molecular complexity index is 205. The van der Waals surface area contributed by atoms with E-state index in [0.29, 0.717) is 12.6 Å². The van der Waals surface area contributed by atoms with E-state index in [1.54, 1.807) is 0 Å². The minimum Gasteiger partial charge on any atom is -0.444 e. The minimum atomic E-state index is -0.413. The predicted molar refractivity (Wildman–Crippen MR) is 59.9 cm³/mol. The van der Waals surface area contributed by atoms with Gasteiger partial charge in [0, 0.05) is 12.6 Å². The lowest BCUT2D eigenvalue weighted by molar-refractivity contribution is 0.0520. The third-order valence-electron chi connectivity index (χ3n) is 2.30. The first kappa shape index (κ1) is 12.3. The van der Waals surface area contributed by atoms with Crippen LogP contribution in [0.3, 0.4) is 0 Å². The first-order valence-corrected chi connectivity index (χ1v) is 5.67. The summed E-state index contributed by atoms with van der Waals surface area (Å²) in [5.41, 5.74) is -0.413. The fourth-order valence-corrected chi connectivity index (χ4v) is 1.62. The monoisotopic (exact) mass is 214 g/mol. The lowest BCUT2D eigenvalue weighted by atomic mass is 10.1. The van der Waals surface area contributed by atoms with Crippen LogP contribution in [0.15, 0.2) is 0 Å². The van der Waals surface area contributed by atoms with Crippen molar-refractivity contribution in [2.75, 3.05) is 13.1 Å². The molecular formula is C11H22N2O2. The Morgan fingerprint density at radius 2 is 2.20 bits per heavy atom. The highest BCUT2D eigenvalue weighted by Gasteiger charge is 2.18. The highest BCUT2D eigenvalue weighted by Crippen LogP contribution is 2.08. The fraction of sp³-hybridized carbons (Fsp3) is 0.909. The third-order valence-corrected chi connectivity index (χ3v) is 2.30. The molecule has 4 heteroatoms. The van der Waals surface area contributed by atoms with Crippen LogP contribution < -0.4 is 10.6 Å². The van der Waals surface area contributed by atoms with Gasteiger partial charge in [-0.05, 0) is 40.2 Å². The van der Waals surface area contributed by atoms with Crippen molar-refractivity contribution in [1.82, 2.24) is 10.6 Å². The summed E-state index contributed by atoms with van der Waals surface area (Å²) >= 11 is 0. The number of nitrogens with one attached hydrogen (secondary N) is 2. The summed E-state index contributed by atoms with van der Waals surface area (Å²) < 4.78 is 5.15. The molecule has 1 rings (SSSR count). The Morgan fingerprint density at radius 3 is 2.73 bits per heavy atom. The molecule has 88 valence electrons. The molecule has 1 fully saturated rings. The maximum absolute atomic E-state index is 11.3. The summed E-state index contributed by atoms with van der Waals surface area (Å²) in [6, 6.07) is 0.409. The number of hydrogen-bond acceptors (Lipinski definition) is 3. The molecule has 0 bridgehead atoms. The van der Waals surface area contributed by atoms with Gasteiger partial charge in [-0.25, -0.2) is 4.79 Å². The quantitative estimate of drug-likeness (QED) is 0.735. The minimum absolute atomic E-state index is 0.324. The van der Waals surface area contributed by atoms with Crippen molar-refractivity contribution in [2.24, 2.45) is 0 Å². The summed E-state index contributed by atoms with van der Waals surface area (Å²) in [7, 11) is 0. The molecule has 0 radical (unpaired) electrons. The largest absolute Gasteiger partial charge is 0.444 e. The smallest absolute Gasteiger partial charge is 0.407 e. The summed E-state index contributed by atoms with van der Waals surface area (Å²) in [5.74, 6) is 0. The average Bonchev–Trinajstić information content (AvgIpc) is 2.14. The van der Waals surface area contributed by atoms with Crippen molar-refractivity contribution in [3.63, 3.8) is 0 Å². The standard InChI is InChI=1S/C11H22N2O2/c1-11(2,3)15-10(14)13-8-9-6-4-5-7-12-9/h9,12H,4-8H2,1-3H3,(H,13,14)/t9-/m1/s1. The summed E-state index contributed by atoms with van der Waals surface area (Å²) in [6.45, 7) is 7.32.